The van der Waals surface area contributed by atoms with Gasteiger partial charge in [-0.25, -0.2) is 0 Å². The van der Waals surface area contributed by atoms with Gasteiger partial charge in [-0.15, -0.1) is 0 Å². The molecule has 0 radical (unpaired) electrons. The maximum atomic E-state index is 12.1. The molecule has 0 unspecified atom stereocenters. The Morgan fingerprint density at radius 1 is 1.47 bits per heavy atom. The molecule has 2 rings (SSSR count). The minimum Gasteiger partial charge on any atom is -0.338 e. The number of carbonyl (C=O) groups excluding carboxylic acids is 1. The average molecular weight is 315 g/mol. The molecule has 3 heteroatoms. The van der Waals surface area contributed by atoms with E-state index >= 15 is 0 Å². The first kappa shape index (κ1) is 10.9. The fourth-order valence-electron chi connectivity index (χ4n) is 1.87. The molecule has 0 saturated carbocycles. The van der Waals surface area contributed by atoms with Gasteiger partial charge in [0, 0.05) is 22.2 Å². The number of amides is 1. The van der Waals surface area contributed by atoms with Gasteiger partial charge in [0.05, 0.1) is 0 Å². The lowest BCUT2D eigenvalue weighted by Gasteiger charge is -2.37. The van der Waals surface area contributed by atoms with Gasteiger partial charge in [0.2, 0.25) is 0 Å². The molecule has 1 aromatic carbocycles. The predicted octanol–water partition coefficient (Wildman–Crippen LogP) is 2.69. The van der Waals surface area contributed by atoms with Crippen molar-refractivity contribution in [3.05, 3.63) is 32.9 Å². The van der Waals surface area contributed by atoms with Crippen molar-refractivity contribution >= 4 is 28.5 Å². The third-order valence-corrected chi connectivity index (χ3v) is 4.02. The molecule has 0 N–H and O–H groups in total. The van der Waals surface area contributed by atoms with Crippen LogP contribution in [0.5, 0.6) is 0 Å². The highest BCUT2D eigenvalue weighted by atomic mass is 127. The standard InChI is InChI=1S/C12H14INO/c1-8-6-14(7-8)12(15)10-4-3-5-11(13)9(10)2/h3-5,8H,6-7H2,1-2H3. The van der Waals surface area contributed by atoms with Crippen LogP contribution >= 0.6 is 22.6 Å². The van der Waals surface area contributed by atoms with E-state index in [2.05, 4.69) is 29.5 Å². The Morgan fingerprint density at radius 2 is 2.13 bits per heavy atom. The first-order valence-electron chi connectivity index (χ1n) is 5.14. The van der Waals surface area contributed by atoms with Crippen molar-refractivity contribution < 1.29 is 4.79 Å². The predicted molar refractivity (Wildman–Crippen MR) is 69.0 cm³/mol. The van der Waals surface area contributed by atoms with Crippen LogP contribution in [0, 0.1) is 16.4 Å². The first-order valence-corrected chi connectivity index (χ1v) is 6.22. The van der Waals surface area contributed by atoms with Crippen LogP contribution in [0.15, 0.2) is 18.2 Å². The number of rotatable bonds is 1. The van der Waals surface area contributed by atoms with Crippen LogP contribution in [-0.4, -0.2) is 23.9 Å². The lowest BCUT2D eigenvalue weighted by atomic mass is 10.00. The second kappa shape index (κ2) is 4.12. The van der Waals surface area contributed by atoms with Gasteiger partial charge in [-0.1, -0.05) is 13.0 Å². The Hall–Kier alpha value is -0.580. The van der Waals surface area contributed by atoms with Gasteiger partial charge in [0.25, 0.3) is 5.91 Å². The molecule has 0 aromatic heterocycles. The zero-order chi connectivity index (χ0) is 11.0. The summed E-state index contributed by atoms with van der Waals surface area (Å²) in [5.41, 5.74) is 1.96. The monoisotopic (exact) mass is 315 g/mol. The van der Waals surface area contributed by atoms with Crippen LogP contribution in [0.1, 0.15) is 22.8 Å². The fourth-order valence-corrected chi connectivity index (χ4v) is 2.37. The third kappa shape index (κ3) is 2.02. The van der Waals surface area contributed by atoms with Gasteiger partial charge in [-0.05, 0) is 53.1 Å². The van der Waals surface area contributed by atoms with E-state index in [0.29, 0.717) is 5.92 Å². The summed E-state index contributed by atoms with van der Waals surface area (Å²) in [6.07, 6.45) is 0. The lowest BCUT2D eigenvalue weighted by molar-refractivity contribution is 0.0529. The van der Waals surface area contributed by atoms with E-state index in [9.17, 15) is 4.79 Å². The second-order valence-electron chi connectivity index (χ2n) is 4.23. The van der Waals surface area contributed by atoms with Crippen LogP contribution < -0.4 is 0 Å². The molecule has 15 heavy (non-hydrogen) atoms. The number of hydrogen-bond donors (Lipinski definition) is 0. The maximum absolute atomic E-state index is 12.1. The summed E-state index contributed by atoms with van der Waals surface area (Å²) in [6, 6.07) is 5.90. The van der Waals surface area contributed by atoms with Crippen LogP contribution in [-0.2, 0) is 0 Å². The summed E-state index contributed by atoms with van der Waals surface area (Å²) in [5, 5.41) is 0. The van der Waals surface area contributed by atoms with E-state index in [-0.39, 0.29) is 5.91 Å². The number of carbonyl (C=O) groups is 1. The summed E-state index contributed by atoms with van der Waals surface area (Å²) in [6.45, 7) is 6.00. The minimum atomic E-state index is 0.184. The molecule has 1 amide bonds. The summed E-state index contributed by atoms with van der Waals surface area (Å²) in [7, 11) is 0. The minimum absolute atomic E-state index is 0.184. The quantitative estimate of drug-likeness (QED) is 0.730. The molecule has 1 heterocycles. The highest BCUT2D eigenvalue weighted by Crippen LogP contribution is 2.22. The van der Waals surface area contributed by atoms with Gasteiger partial charge >= 0.3 is 0 Å². The fraction of sp³-hybridized carbons (Fsp3) is 0.417. The van der Waals surface area contributed by atoms with E-state index in [1.807, 2.05) is 30.0 Å². The summed E-state index contributed by atoms with van der Waals surface area (Å²) >= 11 is 2.27. The number of halogens is 1. The Labute approximate surface area is 104 Å². The molecule has 1 fully saturated rings. The second-order valence-corrected chi connectivity index (χ2v) is 5.39. The Kier molecular flexibility index (Phi) is 3.00. The van der Waals surface area contributed by atoms with E-state index < -0.39 is 0 Å². The Morgan fingerprint density at radius 3 is 2.73 bits per heavy atom. The lowest BCUT2D eigenvalue weighted by Crippen LogP contribution is -2.48. The zero-order valence-electron chi connectivity index (χ0n) is 8.96. The first-order chi connectivity index (χ1) is 7.09. The van der Waals surface area contributed by atoms with Gasteiger partial charge in [0.1, 0.15) is 0 Å². The summed E-state index contributed by atoms with van der Waals surface area (Å²) in [5.74, 6) is 0.848. The smallest absolute Gasteiger partial charge is 0.254 e. The molecule has 0 spiro atoms. The van der Waals surface area contributed by atoms with Crippen molar-refractivity contribution in [1.82, 2.24) is 4.90 Å². The number of nitrogens with zero attached hydrogens (tertiary/aromatic N) is 1. The van der Waals surface area contributed by atoms with Gasteiger partial charge in [-0.2, -0.15) is 0 Å². The molecular formula is C12H14INO. The molecule has 0 atom stereocenters. The topological polar surface area (TPSA) is 20.3 Å². The molecule has 1 saturated heterocycles. The van der Waals surface area contributed by atoms with Crippen LogP contribution in [0.3, 0.4) is 0 Å². The van der Waals surface area contributed by atoms with Crippen LogP contribution in [0.2, 0.25) is 0 Å². The van der Waals surface area contributed by atoms with Crippen LogP contribution in [0.25, 0.3) is 0 Å². The third-order valence-electron chi connectivity index (χ3n) is 2.85. The summed E-state index contributed by atoms with van der Waals surface area (Å²) < 4.78 is 1.16. The van der Waals surface area contributed by atoms with Gasteiger partial charge < -0.3 is 4.90 Å². The van der Waals surface area contributed by atoms with E-state index in [1.165, 1.54) is 0 Å². The highest BCUT2D eigenvalue weighted by molar-refractivity contribution is 14.1. The van der Waals surface area contributed by atoms with Crippen molar-refractivity contribution in [2.24, 2.45) is 5.92 Å². The molecule has 1 aliphatic rings. The average Bonchev–Trinajstić information content (AvgIpc) is 2.16. The Bertz CT molecular complexity index is 397. The number of benzene rings is 1. The van der Waals surface area contributed by atoms with Crippen molar-refractivity contribution in [3.63, 3.8) is 0 Å². The maximum Gasteiger partial charge on any atom is 0.254 e. The van der Waals surface area contributed by atoms with E-state index in [4.69, 9.17) is 0 Å². The SMILES string of the molecule is Cc1c(I)cccc1C(=O)N1CC(C)C1. The molecule has 2 nitrogen and oxygen atoms in total. The van der Waals surface area contributed by atoms with Crippen molar-refractivity contribution in [3.8, 4) is 0 Å². The molecule has 0 bridgehead atoms. The normalized spacial score (nSPS) is 16.3. The van der Waals surface area contributed by atoms with Gasteiger partial charge in [-0.3, -0.25) is 4.79 Å². The molecule has 1 aromatic rings. The summed E-state index contributed by atoms with van der Waals surface area (Å²) in [4.78, 5) is 14.0. The number of likely N-dealkylation sites (tertiary alicyclic amines) is 1. The van der Waals surface area contributed by atoms with Crippen molar-refractivity contribution in [2.45, 2.75) is 13.8 Å². The molecule has 0 aliphatic carbocycles. The zero-order valence-corrected chi connectivity index (χ0v) is 11.1. The van der Waals surface area contributed by atoms with E-state index in [0.717, 1.165) is 27.8 Å². The van der Waals surface area contributed by atoms with Crippen molar-refractivity contribution in [2.75, 3.05) is 13.1 Å². The largest absolute Gasteiger partial charge is 0.338 e. The molecular weight excluding hydrogens is 301 g/mol. The van der Waals surface area contributed by atoms with Crippen molar-refractivity contribution in [1.29, 1.82) is 0 Å². The van der Waals surface area contributed by atoms with Gasteiger partial charge in [0.15, 0.2) is 0 Å². The number of hydrogen-bond acceptors (Lipinski definition) is 1. The highest BCUT2D eigenvalue weighted by Gasteiger charge is 2.28. The van der Waals surface area contributed by atoms with Crippen LogP contribution in [0.4, 0.5) is 0 Å². The molecule has 1 aliphatic heterocycles. The Balaban J connectivity index is 2.22. The molecule has 80 valence electrons. The van der Waals surface area contributed by atoms with E-state index in [1.54, 1.807) is 0 Å².